The first-order chi connectivity index (χ1) is 14.4. The van der Waals surface area contributed by atoms with Crippen molar-refractivity contribution in [1.29, 1.82) is 0 Å². The highest BCUT2D eigenvalue weighted by atomic mass is 32.1. The standard InChI is InChI=1S/C19H18N4O6S/c1-12-11-30-19-20-13(8-17(24)22(12)19)10-29-18(25)15-9-14(23(26)27)2-3-16(15)21-4-6-28-7-5-21/h2-3,8-9,11H,4-7,10H2,1H3. The van der Waals surface area contributed by atoms with Crippen LogP contribution in [0.4, 0.5) is 11.4 Å². The van der Waals surface area contributed by atoms with Crippen LogP contribution in [0, 0.1) is 17.0 Å². The van der Waals surface area contributed by atoms with Crippen molar-refractivity contribution in [2.45, 2.75) is 13.5 Å². The van der Waals surface area contributed by atoms with Crippen molar-refractivity contribution in [3.05, 3.63) is 67.1 Å². The van der Waals surface area contributed by atoms with Crippen LogP contribution in [0.15, 0.2) is 34.4 Å². The second-order valence-electron chi connectivity index (χ2n) is 6.71. The van der Waals surface area contributed by atoms with E-state index in [1.807, 2.05) is 17.2 Å². The molecule has 0 aliphatic carbocycles. The number of thiazole rings is 1. The van der Waals surface area contributed by atoms with Gasteiger partial charge in [0.1, 0.15) is 6.61 Å². The van der Waals surface area contributed by atoms with Crippen LogP contribution in [0.1, 0.15) is 21.7 Å². The van der Waals surface area contributed by atoms with E-state index in [-0.39, 0.29) is 23.4 Å². The average molecular weight is 430 g/mol. The summed E-state index contributed by atoms with van der Waals surface area (Å²) in [5.41, 5.74) is 1.28. The molecule has 1 aliphatic rings. The Kier molecular flexibility index (Phi) is 5.46. The van der Waals surface area contributed by atoms with Crippen molar-refractivity contribution in [3.8, 4) is 0 Å². The molecule has 156 valence electrons. The highest BCUT2D eigenvalue weighted by molar-refractivity contribution is 7.15. The van der Waals surface area contributed by atoms with Gasteiger partial charge in [0.2, 0.25) is 0 Å². The molecule has 1 fully saturated rings. The van der Waals surface area contributed by atoms with Gasteiger partial charge >= 0.3 is 5.97 Å². The second-order valence-corrected chi connectivity index (χ2v) is 7.55. The number of non-ortho nitro benzene ring substituents is 1. The predicted molar refractivity (Wildman–Crippen MR) is 109 cm³/mol. The number of anilines is 1. The minimum absolute atomic E-state index is 0.0934. The molecule has 3 heterocycles. The van der Waals surface area contributed by atoms with Crippen molar-refractivity contribution in [2.24, 2.45) is 0 Å². The van der Waals surface area contributed by atoms with Gasteiger partial charge in [0.15, 0.2) is 4.96 Å². The highest BCUT2D eigenvalue weighted by Gasteiger charge is 2.23. The Bertz CT molecular complexity index is 1180. The number of esters is 1. The number of ether oxygens (including phenoxy) is 2. The molecular formula is C19H18N4O6S. The number of carbonyl (C=O) groups is 1. The minimum atomic E-state index is -0.718. The zero-order valence-electron chi connectivity index (χ0n) is 16.1. The minimum Gasteiger partial charge on any atom is -0.456 e. The van der Waals surface area contributed by atoms with Crippen LogP contribution in [-0.4, -0.2) is 46.6 Å². The van der Waals surface area contributed by atoms with E-state index in [0.717, 1.165) is 5.69 Å². The van der Waals surface area contributed by atoms with Crippen LogP contribution in [0.25, 0.3) is 4.96 Å². The first-order valence-electron chi connectivity index (χ1n) is 9.19. The first kappa shape index (κ1) is 20.0. The molecule has 0 bridgehead atoms. The molecule has 0 saturated carbocycles. The monoisotopic (exact) mass is 430 g/mol. The second kappa shape index (κ2) is 8.20. The number of fused-ring (bicyclic) bond motifs is 1. The molecular weight excluding hydrogens is 412 g/mol. The number of aryl methyl sites for hydroxylation is 1. The van der Waals surface area contributed by atoms with Crippen LogP contribution in [0.3, 0.4) is 0 Å². The molecule has 3 aromatic rings. The Hall–Kier alpha value is -3.31. The quantitative estimate of drug-likeness (QED) is 0.343. The van der Waals surface area contributed by atoms with Crippen molar-refractivity contribution < 1.29 is 19.2 Å². The maximum absolute atomic E-state index is 12.8. The van der Waals surface area contributed by atoms with Crippen LogP contribution >= 0.6 is 11.3 Å². The van der Waals surface area contributed by atoms with Crippen molar-refractivity contribution in [3.63, 3.8) is 0 Å². The van der Waals surface area contributed by atoms with Gasteiger partial charge in [0, 0.05) is 42.4 Å². The summed E-state index contributed by atoms with van der Waals surface area (Å²) in [6.07, 6.45) is 0. The number of benzene rings is 1. The molecule has 0 spiro atoms. The molecule has 0 atom stereocenters. The van der Waals surface area contributed by atoms with Crippen molar-refractivity contribution >= 4 is 33.6 Å². The molecule has 1 saturated heterocycles. The fourth-order valence-corrected chi connectivity index (χ4v) is 4.16. The zero-order valence-corrected chi connectivity index (χ0v) is 16.9. The van der Waals surface area contributed by atoms with Crippen LogP contribution in [0.5, 0.6) is 0 Å². The van der Waals surface area contributed by atoms with Crippen LogP contribution in [0.2, 0.25) is 0 Å². The number of hydrogen-bond acceptors (Lipinski definition) is 9. The van der Waals surface area contributed by atoms with Gasteiger partial charge in [-0.3, -0.25) is 19.3 Å². The molecule has 0 N–H and O–H groups in total. The SMILES string of the molecule is Cc1csc2nc(COC(=O)c3cc([N+](=O)[O-])ccc3N3CCOCC3)cc(=O)n12. The van der Waals surface area contributed by atoms with Crippen molar-refractivity contribution in [2.75, 3.05) is 31.2 Å². The van der Waals surface area contributed by atoms with Crippen LogP contribution in [-0.2, 0) is 16.1 Å². The van der Waals surface area contributed by atoms with E-state index in [2.05, 4.69) is 4.98 Å². The van der Waals surface area contributed by atoms with E-state index in [0.29, 0.717) is 42.6 Å². The highest BCUT2D eigenvalue weighted by Crippen LogP contribution is 2.27. The Labute approximate surface area is 174 Å². The van der Waals surface area contributed by atoms with E-state index in [1.165, 1.54) is 33.9 Å². The number of aromatic nitrogens is 2. The fraction of sp³-hybridized carbons (Fsp3) is 0.316. The van der Waals surface area contributed by atoms with Gasteiger partial charge in [0.05, 0.1) is 35.1 Å². The first-order valence-corrected chi connectivity index (χ1v) is 10.1. The number of morpholine rings is 1. The molecule has 11 heteroatoms. The third kappa shape index (κ3) is 3.89. The molecule has 1 aliphatic heterocycles. The molecule has 2 aromatic heterocycles. The smallest absolute Gasteiger partial charge is 0.340 e. The summed E-state index contributed by atoms with van der Waals surface area (Å²) < 4.78 is 12.2. The number of nitrogens with zero attached hydrogens (tertiary/aromatic N) is 4. The maximum atomic E-state index is 12.8. The van der Waals surface area contributed by atoms with Gasteiger partial charge < -0.3 is 14.4 Å². The number of nitro groups is 1. The van der Waals surface area contributed by atoms with E-state index < -0.39 is 10.9 Å². The number of nitro benzene ring substituents is 1. The summed E-state index contributed by atoms with van der Waals surface area (Å²) in [6, 6.07) is 5.43. The predicted octanol–water partition coefficient (Wildman–Crippen LogP) is 2.17. The average Bonchev–Trinajstić information content (AvgIpc) is 3.13. The summed E-state index contributed by atoms with van der Waals surface area (Å²) in [5, 5.41) is 13.0. The molecule has 4 rings (SSSR count). The molecule has 30 heavy (non-hydrogen) atoms. The lowest BCUT2D eigenvalue weighted by Crippen LogP contribution is -2.37. The number of carbonyl (C=O) groups excluding carboxylic acids is 1. The third-order valence-electron chi connectivity index (χ3n) is 4.74. The summed E-state index contributed by atoms with van der Waals surface area (Å²) in [5.74, 6) is -0.718. The van der Waals surface area contributed by atoms with Gasteiger partial charge in [-0.05, 0) is 13.0 Å². The van der Waals surface area contributed by atoms with Crippen LogP contribution < -0.4 is 10.5 Å². The van der Waals surface area contributed by atoms with Gasteiger partial charge in [-0.15, -0.1) is 11.3 Å². The molecule has 10 nitrogen and oxygen atoms in total. The van der Waals surface area contributed by atoms with E-state index >= 15 is 0 Å². The topological polar surface area (TPSA) is 116 Å². The van der Waals surface area contributed by atoms with Gasteiger partial charge in [-0.1, -0.05) is 0 Å². The Morgan fingerprint density at radius 2 is 2.10 bits per heavy atom. The van der Waals surface area contributed by atoms with Gasteiger partial charge in [0.25, 0.3) is 11.2 Å². The van der Waals surface area contributed by atoms with E-state index in [4.69, 9.17) is 9.47 Å². The third-order valence-corrected chi connectivity index (χ3v) is 5.69. The Morgan fingerprint density at radius 1 is 1.33 bits per heavy atom. The summed E-state index contributed by atoms with van der Waals surface area (Å²) in [6.45, 7) is 3.71. The summed E-state index contributed by atoms with van der Waals surface area (Å²) in [7, 11) is 0. The Morgan fingerprint density at radius 3 is 2.83 bits per heavy atom. The van der Waals surface area contributed by atoms with Gasteiger partial charge in [-0.25, -0.2) is 9.78 Å². The van der Waals surface area contributed by atoms with Gasteiger partial charge in [-0.2, -0.15) is 0 Å². The molecule has 1 aromatic carbocycles. The molecule has 0 radical (unpaired) electrons. The number of rotatable bonds is 5. The van der Waals surface area contributed by atoms with Crippen molar-refractivity contribution in [1.82, 2.24) is 9.38 Å². The summed E-state index contributed by atoms with van der Waals surface area (Å²) in [4.78, 5) is 42.5. The lowest BCUT2D eigenvalue weighted by molar-refractivity contribution is -0.384. The van der Waals surface area contributed by atoms with E-state index in [9.17, 15) is 19.7 Å². The molecule has 0 amide bonds. The number of hydrogen-bond donors (Lipinski definition) is 0. The summed E-state index contributed by atoms with van der Waals surface area (Å²) >= 11 is 1.32. The normalized spacial score (nSPS) is 14.1. The van der Waals surface area contributed by atoms with E-state index in [1.54, 1.807) is 6.07 Å². The zero-order chi connectivity index (χ0) is 21.3. The lowest BCUT2D eigenvalue weighted by Gasteiger charge is -2.30. The fourth-order valence-electron chi connectivity index (χ4n) is 3.27. The lowest BCUT2D eigenvalue weighted by atomic mass is 10.1. The maximum Gasteiger partial charge on any atom is 0.340 e. The Balaban J connectivity index is 1.59. The molecule has 0 unspecified atom stereocenters. The largest absolute Gasteiger partial charge is 0.456 e.